The van der Waals surface area contributed by atoms with Crippen molar-refractivity contribution < 1.29 is 9.59 Å². The summed E-state index contributed by atoms with van der Waals surface area (Å²) in [5.41, 5.74) is 1.59. The number of halogens is 1. The van der Waals surface area contributed by atoms with Gasteiger partial charge in [0.15, 0.2) is 0 Å². The van der Waals surface area contributed by atoms with E-state index in [9.17, 15) is 9.59 Å². The molecule has 148 valence electrons. The third-order valence-electron chi connectivity index (χ3n) is 4.94. The average molecular weight is 426 g/mol. The minimum Gasteiger partial charge on any atom is -0.337 e. The maximum atomic E-state index is 13.0. The van der Waals surface area contributed by atoms with Gasteiger partial charge in [0.1, 0.15) is 9.88 Å². The van der Waals surface area contributed by atoms with Crippen molar-refractivity contribution in [3.8, 4) is 10.6 Å². The first kappa shape index (κ1) is 19.6. The Morgan fingerprint density at radius 2 is 1.86 bits per heavy atom. The highest BCUT2D eigenvalue weighted by molar-refractivity contribution is 7.17. The molecule has 2 heterocycles. The number of benzene rings is 2. The molecule has 0 spiro atoms. The number of hydrogen-bond donors (Lipinski definition) is 1. The molecule has 3 aromatic rings. The number of para-hydroxylation sites is 1. The lowest BCUT2D eigenvalue weighted by atomic mass is 9.97. The van der Waals surface area contributed by atoms with Crippen molar-refractivity contribution in [2.45, 2.75) is 12.8 Å². The second-order valence-corrected chi connectivity index (χ2v) is 8.39. The summed E-state index contributed by atoms with van der Waals surface area (Å²) in [6.07, 6.45) is 3.17. The number of nitrogens with zero attached hydrogens (tertiary/aromatic N) is 2. The number of hydrogen-bond acceptors (Lipinski definition) is 4. The molecule has 0 aliphatic carbocycles. The summed E-state index contributed by atoms with van der Waals surface area (Å²) in [6.45, 7) is 1.06. The lowest BCUT2D eigenvalue weighted by Crippen LogP contribution is -2.43. The van der Waals surface area contributed by atoms with Crippen LogP contribution in [0.15, 0.2) is 60.8 Å². The van der Waals surface area contributed by atoms with Gasteiger partial charge in [0.2, 0.25) is 5.91 Å². The Morgan fingerprint density at radius 1 is 1.10 bits per heavy atom. The Balaban J connectivity index is 1.44. The normalized spacial score (nSPS) is 16.4. The van der Waals surface area contributed by atoms with Gasteiger partial charge in [-0.15, -0.1) is 11.3 Å². The van der Waals surface area contributed by atoms with Gasteiger partial charge in [-0.3, -0.25) is 9.59 Å². The highest BCUT2D eigenvalue weighted by Gasteiger charge is 2.30. The quantitative estimate of drug-likeness (QED) is 0.643. The minimum absolute atomic E-state index is 0.0465. The molecule has 1 saturated heterocycles. The van der Waals surface area contributed by atoms with Crippen LogP contribution in [0.25, 0.3) is 10.6 Å². The van der Waals surface area contributed by atoms with Crippen LogP contribution < -0.4 is 5.32 Å². The molecule has 0 bridgehead atoms. The smallest absolute Gasteiger partial charge is 0.265 e. The van der Waals surface area contributed by atoms with Crippen molar-refractivity contribution in [2.75, 3.05) is 18.4 Å². The van der Waals surface area contributed by atoms with Gasteiger partial charge >= 0.3 is 0 Å². The van der Waals surface area contributed by atoms with E-state index in [0.717, 1.165) is 24.1 Å². The molecule has 1 unspecified atom stereocenters. The van der Waals surface area contributed by atoms with Crippen LogP contribution in [0.4, 0.5) is 5.69 Å². The summed E-state index contributed by atoms with van der Waals surface area (Å²) in [7, 11) is 0. The van der Waals surface area contributed by atoms with Gasteiger partial charge in [-0.25, -0.2) is 4.98 Å². The van der Waals surface area contributed by atoms with E-state index in [1.807, 2.05) is 48.5 Å². The van der Waals surface area contributed by atoms with Crippen LogP contribution in [0.3, 0.4) is 0 Å². The van der Waals surface area contributed by atoms with E-state index in [1.165, 1.54) is 11.3 Å². The molecule has 4 rings (SSSR count). The van der Waals surface area contributed by atoms with Crippen molar-refractivity contribution in [3.63, 3.8) is 0 Å². The molecule has 29 heavy (non-hydrogen) atoms. The summed E-state index contributed by atoms with van der Waals surface area (Å²) in [6, 6.07) is 16.8. The summed E-state index contributed by atoms with van der Waals surface area (Å²) in [5, 5.41) is 4.27. The molecule has 0 radical (unpaired) electrons. The van der Waals surface area contributed by atoms with Crippen LogP contribution in [0.2, 0.25) is 5.02 Å². The molecule has 1 atom stereocenters. The number of likely N-dealkylation sites (tertiary alicyclic amines) is 1. The van der Waals surface area contributed by atoms with E-state index in [-0.39, 0.29) is 17.7 Å². The molecule has 2 aromatic carbocycles. The summed E-state index contributed by atoms with van der Waals surface area (Å²) in [4.78, 5) is 32.3. The van der Waals surface area contributed by atoms with Crippen molar-refractivity contribution in [3.05, 3.63) is 70.7 Å². The van der Waals surface area contributed by atoms with Gasteiger partial charge < -0.3 is 10.2 Å². The Kier molecular flexibility index (Phi) is 5.92. The van der Waals surface area contributed by atoms with Crippen LogP contribution in [-0.2, 0) is 4.79 Å². The molecule has 2 amide bonds. The number of anilines is 1. The maximum Gasteiger partial charge on any atom is 0.265 e. The summed E-state index contributed by atoms with van der Waals surface area (Å²) < 4.78 is 0. The van der Waals surface area contributed by atoms with E-state index in [0.29, 0.717) is 28.0 Å². The topological polar surface area (TPSA) is 62.3 Å². The van der Waals surface area contributed by atoms with Crippen LogP contribution in [0.5, 0.6) is 0 Å². The first-order valence-electron chi connectivity index (χ1n) is 9.48. The predicted octanol–water partition coefficient (Wildman–Crippen LogP) is 4.95. The van der Waals surface area contributed by atoms with Gasteiger partial charge in [0.25, 0.3) is 5.91 Å². The van der Waals surface area contributed by atoms with Gasteiger partial charge in [0.05, 0.1) is 17.1 Å². The second kappa shape index (κ2) is 8.76. The third-order valence-corrected chi connectivity index (χ3v) is 6.29. The fourth-order valence-corrected chi connectivity index (χ4v) is 4.63. The fraction of sp³-hybridized carbons (Fsp3) is 0.227. The Bertz CT molecular complexity index is 1020. The van der Waals surface area contributed by atoms with Gasteiger partial charge in [-0.1, -0.05) is 48.0 Å². The van der Waals surface area contributed by atoms with Gasteiger partial charge in [-0.2, -0.15) is 0 Å². The predicted molar refractivity (Wildman–Crippen MR) is 116 cm³/mol. The van der Waals surface area contributed by atoms with Gasteiger partial charge in [0, 0.05) is 24.3 Å². The van der Waals surface area contributed by atoms with Crippen LogP contribution in [0, 0.1) is 5.92 Å². The highest BCUT2D eigenvalue weighted by Crippen LogP contribution is 2.32. The third kappa shape index (κ3) is 4.49. The maximum absolute atomic E-state index is 13.0. The molecule has 0 saturated carbocycles. The number of thiazole rings is 1. The molecular weight excluding hydrogens is 406 g/mol. The van der Waals surface area contributed by atoms with Crippen molar-refractivity contribution >= 4 is 40.4 Å². The zero-order chi connectivity index (χ0) is 20.2. The molecule has 1 aliphatic heterocycles. The molecule has 7 heteroatoms. The molecule has 1 aliphatic rings. The van der Waals surface area contributed by atoms with Crippen molar-refractivity contribution in [2.24, 2.45) is 5.92 Å². The monoisotopic (exact) mass is 425 g/mol. The van der Waals surface area contributed by atoms with E-state index in [4.69, 9.17) is 11.6 Å². The van der Waals surface area contributed by atoms with E-state index in [2.05, 4.69) is 10.3 Å². The molecule has 1 fully saturated rings. The lowest BCUT2D eigenvalue weighted by Gasteiger charge is -2.31. The first-order valence-corrected chi connectivity index (χ1v) is 10.7. The van der Waals surface area contributed by atoms with Crippen LogP contribution >= 0.6 is 22.9 Å². The van der Waals surface area contributed by atoms with E-state index < -0.39 is 0 Å². The SMILES string of the molecule is O=C(Nc1ccccc1)C1CCCN(C(=O)c2cnc(-c3ccccc3Cl)s2)C1. The Morgan fingerprint density at radius 3 is 2.66 bits per heavy atom. The molecule has 1 N–H and O–H groups in total. The fourth-order valence-electron chi connectivity index (χ4n) is 3.43. The van der Waals surface area contributed by atoms with Crippen LogP contribution in [-0.4, -0.2) is 34.8 Å². The molecular formula is C22H20ClN3O2S. The number of carbonyl (C=O) groups is 2. The minimum atomic E-state index is -0.219. The van der Waals surface area contributed by atoms with E-state index in [1.54, 1.807) is 17.2 Å². The van der Waals surface area contributed by atoms with Crippen LogP contribution in [0.1, 0.15) is 22.5 Å². The van der Waals surface area contributed by atoms with Gasteiger partial charge in [-0.05, 0) is 31.0 Å². The second-order valence-electron chi connectivity index (χ2n) is 6.96. The first-order chi connectivity index (χ1) is 14.1. The molecule has 5 nitrogen and oxygen atoms in total. The zero-order valence-electron chi connectivity index (χ0n) is 15.7. The number of carbonyl (C=O) groups excluding carboxylic acids is 2. The molecule has 1 aromatic heterocycles. The summed E-state index contributed by atoms with van der Waals surface area (Å²) in [5.74, 6) is -0.350. The average Bonchev–Trinajstić information content (AvgIpc) is 3.24. The standard InChI is InChI=1S/C22H20ClN3O2S/c23-18-11-5-4-10-17(18)21-24-13-19(29-21)22(28)26-12-6-7-15(14-26)20(27)25-16-8-2-1-3-9-16/h1-5,8-11,13,15H,6-7,12,14H2,(H,25,27). The number of piperidine rings is 1. The number of aromatic nitrogens is 1. The van der Waals surface area contributed by atoms with Crippen molar-refractivity contribution in [1.29, 1.82) is 0 Å². The number of amides is 2. The zero-order valence-corrected chi connectivity index (χ0v) is 17.2. The summed E-state index contributed by atoms with van der Waals surface area (Å²) >= 11 is 7.57. The van der Waals surface area contributed by atoms with E-state index >= 15 is 0 Å². The lowest BCUT2D eigenvalue weighted by molar-refractivity contribution is -0.121. The highest BCUT2D eigenvalue weighted by atomic mass is 35.5. The number of rotatable bonds is 4. The largest absolute Gasteiger partial charge is 0.337 e. The Labute approximate surface area is 178 Å². The Hall–Kier alpha value is -2.70. The number of nitrogens with one attached hydrogen (secondary N) is 1. The van der Waals surface area contributed by atoms with Crippen molar-refractivity contribution in [1.82, 2.24) is 9.88 Å².